The highest BCUT2D eigenvalue weighted by Gasteiger charge is 2.11. The molecule has 2 aromatic rings. The van der Waals surface area contributed by atoms with Crippen LogP contribution in [0.5, 0.6) is 0 Å². The Morgan fingerprint density at radius 2 is 1.97 bits per heavy atom. The van der Waals surface area contributed by atoms with Gasteiger partial charge in [0.2, 0.25) is 0 Å². The van der Waals surface area contributed by atoms with Gasteiger partial charge in [0.25, 0.3) is 0 Å². The predicted molar refractivity (Wildman–Crippen MR) is 137 cm³/mol. The van der Waals surface area contributed by atoms with Crippen molar-refractivity contribution in [1.29, 1.82) is 0 Å². The average molecular weight is 560 g/mol. The number of aryl methyl sites for hydroxylation is 2. The lowest BCUT2D eigenvalue weighted by atomic mass is 10.1. The molecule has 1 fully saturated rings. The minimum absolute atomic E-state index is 0. The van der Waals surface area contributed by atoms with E-state index in [2.05, 4.69) is 57.1 Å². The Bertz CT molecular complexity index is 852. The summed E-state index contributed by atoms with van der Waals surface area (Å²) in [5.41, 5.74) is 2.50. The standard InChI is InChI=1S/C21H33N7OS.HI/c1-16-5-6-18(19(13-16)30-4)14-23-21(22-7-8-28-9-11-29-12-10-28)24-15-20-26-25-17(2)27(20)3;/h5-6,13H,7-12,14-15H2,1-4H3,(H2,22,23,24);1H. The van der Waals surface area contributed by atoms with E-state index in [1.165, 1.54) is 16.0 Å². The minimum atomic E-state index is 0. The average Bonchev–Trinajstić information content (AvgIpc) is 3.08. The van der Waals surface area contributed by atoms with Gasteiger partial charge in [0.1, 0.15) is 5.82 Å². The summed E-state index contributed by atoms with van der Waals surface area (Å²) >= 11 is 1.76. The number of nitrogens with one attached hydrogen (secondary N) is 2. The summed E-state index contributed by atoms with van der Waals surface area (Å²) in [5.74, 6) is 2.57. The highest BCUT2D eigenvalue weighted by atomic mass is 127. The second kappa shape index (κ2) is 13.2. The molecular formula is C21H34IN7OS. The van der Waals surface area contributed by atoms with E-state index >= 15 is 0 Å². The van der Waals surface area contributed by atoms with Crippen LogP contribution in [-0.4, -0.2) is 71.3 Å². The normalized spacial score (nSPS) is 14.9. The van der Waals surface area contributed by atoms with E-state index in [-0.39, 0.29) is 24.0 Å². The van der Waals surface area contributed by atoms with Gasteiger partial charge >= 0.3 is 0 Å². The summed E-state index contributed by atoms with van der Waals surface area (Å²) in [6.07, 6.45) is 2.11. The summed E-state index contributed by atoms with van der Waals surface area (Å²) in [5, 5.41) is 15.3. The quantitative estimate of drug-likeness (QED) is 0.223. The second-order valence-corrected chi connectivity index (χ2v) is 8.29. The van der Waals surface area contributed by atoms with E-state index in [9.17, 15) is 0 Å². The van der Waals surface area contributed by atoms with Gasteiger partial charge in [-0.2, -0.15) is 0 Å². The Balaban J connectivity index is 0.00000341. The van der Waals surface area contributed by atoms with Gasteiger partial charge in [-0.05, 0) is 37.3 Å². The second-order valence-electron chi connectivity index (χ2n) is 7.44. The number of guanidine groups is 1. The zero-order valence-corrected chi connectivity index (χ0v) is 22.0. The lowest BCUT2D eigenvalue weighted by Crippen LogP contribution is -2.44. The Morgan fingerprint density at radius 3 is 2.65 bits per heavy atom. The SMILES string of the molecule is CSc1cc(C)ccc1CN=C(NCCN1CCOCC1)NCc1nnc(C)n1C.I. The zero-order valence-electron chi connectivity index (χ0n) is 18.8. The van der Waals surface area contributed by atoms with Crippen LogP contribution >= 0.6 is 35.7 Å². The smallest absolute Gasteiger partial charge is 0.192 e. The van der Waals surface area contributed by atoms with Gasteiger partial charge in [-0.1, -0.05) is 12.1 Å². The van der Waals surface area contributed by atoms with E-state index in [0.717, 1.165) is 57.0 Å². The number of thioether (sulfide) groups is 1. The molecule has 2 heterocycles. The molecule has 0 spiro atoms. The van der Waals surface area contributed by atoms with Crippen molar-refractivity contribution in [1.82, 2.24) is 30.3 Å². The highest BCUT2D eigenvalue weighted by Crippen LogP contribution is 2.22. The van der Waals surface area contributed by atoms with E-state index in [4.69, 9.17) is 9.73 Å². The van der Waals surface area contributed by atoms with Gasteiger partial charge in [0, 0.05) is 38.1 Å². The summed E-state index contributed by atoms with van der Waals surface area (Å²) in [4.78, 5) is 8.53. The lowest BCUT2D eigenvalue weighted by Gasteiger charge is -2.26. The molecule has 0 atom stereocenters. The van der Waals surface area contributed by atoms with Crippen molar-refractivity contribution in [3.63, 3.8) is 0 Å². The van der Waals surface area contributed by atoms with E-state index in [1.54, 1.807) is 11.8 Å². The molecule has 10 heteroatoms. The van der Waals surface area contributed by atoms with Gasteiger partial charge in [0.05, 0.1) is 26.3 Å². The highest BCUT2D eigenvalue weighted by molar-refractivity contribution is 14.0. The third-order valence-electron chi connectivity index (χ3n) is 5.27. The van der Waals surface area contributed by atoms with Crippen molar-refractivity contribution in [2.24, 2.45) is 12.0 Å². The van der Waals surface area contributed by atoms with Crippen LogP contribution in [0.4, 0.5) is 0 Å². The maximum Gasteiger partial charge on any atom is 0.192 e. The lowest BCUT2D eigenvalue weighted by molar-refractivity contribution is 0.0389. The molecule has 0 amide bonds. The van der Waals surface area contributed by atoms with Crippen LogP contribution in [0.25, 0.3) is 0 Å². The topological polar surface area (TPSA) is 79.6 Å². The fourth-order valence-electron chi connectivity index (χ4n) is 3.25. The van der Waals surface area contributed by atoms with Crippen LogP contribution in [-0.2, 0) is 24.9 Å². The molecule has 2 N–H and O–H groups in total. The molecular weight excluding hydrogens is 525 g/mol. The molecule has 0 bridgehead atoms. The first-order valence-corrected chi connectivity index (χ1v) is 11.6. The minimum Gasteiger partial charge on any atom is -0.379 e. The fraction of sp³-hybridized carbons (Fsp3) is 0.571. The van der Waals surface area contributed by atoms with E-state index < -0.39 is 0 Å². The first-order valence-electron chi connectivity index (χ1n) is 10.4. The number of nitrogens with zero attached hydrogens (tertiary/aromatic N) is 5. The first kappa shape index (κ1) is 25.9. The molecule has 0 aliphatic carbocycles. The van der Waals surface area contributed by atoms with Crippen LogP contribution in [0.15, 0.2) is 28.1 Å². The van der Waals surface area contributed by atoms with Gasteiger partial charge in [-0.3, -0.25) is 4.90 Å². The fourth-order valence-corrected chi connectivity index (χ4v) is 3.94. The molecule has 0 saturated carbocycles. The predicted octanol–water partition coefficient (Wildman–Crippen LogP) is 2.34. The molecule has 1 aliphatic heterocycles. The van der Waals surface area contributed by atoms with Crippen LogP contribution in [0.2, 0.25) is 0 Å². The van der Waals surface area contributed by atoms with Crippen molar-refractivity contribution in [2.75, 3.05) is 45.6 Å². The summed E-state index contributed by atoms with van der Waals surface area (Å²) in [6, 6.07) is 6.53. The number of hydrogen-bond acceptors (Lipinski definition) is 6. The third-order valence-corrected chi connectivity index (χ3v) is 6.09. The number of aliphatic imine (C=N–C) groups is 1. The molecule has 8 nitrogen and oxygen atoms in total. The Morgan fingerprint density at radius 1 is 1.19 bits per heavy atom. The molecule has 3 rings (SSSR count). The summed E-state index contributed by atoms with van der Waals surface area (Å²) in [7, 11) is 1.98. The van der Waals surface area contributed by atoms with Crippen molar-refractivity contribution < 1.29 is 4.74 Å². The summed E-state index contributed by atoms with van der Waals surface area (Å²) < 4.78 is 7.42. The van der Waals surface area contributed by atoms with Gasteiger partial charge in [0.15, 0.2) is 11.8 Å². The molecule has 1 aromatic heterocycles. The van der Waals surface area contributed by atoms with E-state index in [1.807, 2.05) is 18.5 Å². The van der Waals surface area contributed by atoms with Crippen LogP contribution in [0.3, 0.4) is 0 Å². The number of morpholine rings is 1. The number of rotatable bonds is 8. The van der Waals surface area contributed by atoms with E-state index in [0.29, 0.717) is 13.1 Å². The zero-order chi connectivity index (χ0) is 21.3. The Kier molecular flexibility index (Phi) is 11.1. The Hall–Kier alpha value is -1.37. The number of benzene rings is 1. The maximum atomic E-state index is 5.43. The molecule has 0 unspecified atom stereocenters. The molecule has 1 saturated heterocycles. The maximum absolute atomic E-state index is 5.43. The van der Waals surface area contributed by atoms with Crippen LogP contribution in [0.1, 0.15) is 22.8 Å². The molecule has 1 aromatic carbocycles. The van der Waals surface area contributed by atoms with Crippen molar-refractivity contribution in [3.05, 3.63) is 41.0 Å². The number of halogens is 1. The van der Waals surface area contributed by atoms with Gasteiger partial charge < -0.3 is 19.9 Å². The first-order chi connectivity index (χ1) is 14.6. The largest absolute Gasteiger partial charge is 0.379 e. The monoisotopic (exact) mass is 559 g/mol. The van der Waals surface area contributed by atoms with Crippen LogP contribution in [0, 0.1) is 13.8 Å². The molecule has 0 radical (unpaired) electrons. The van der Waals surface area contributed by atoms with Gasteiger partial charge in [-0.25, -0.2) is 4.99 Å². The molecule has 1 aliphatic rings. The van der Waals surface area contributed by atoms with Crippen molar-refractivity contribution >= 4 is 41.7 Å². The third kappa shape index (κ3) is 7.92. The molecule has 31 heavy (non-hydrogen) atoms. The molecule has 172 valence electrons. The van der Waals surface area contributed by atoms with Crippen molar-refractivity contribution in [3.8, 4) is 0 Å². The number of ether oxygens (including phenoxy) is 1. The summed E-state index contributed by atoms with van der Waals surface area (Å²) in [6.45, 7) is 10.7. The van der Waals surface area contributed by atoms with Crippen molar-refractivity contribution in [2.45, 2.75) is 31.8 Å². The van der Waals surface area contributed by atoms with Gasteiger partial charge in [-0.15, -0.1) is 45.9 Å². The van der Waals surface area contributed by atoms with Crippen LogP contribution < -0.4 is 10.6 Å². The number of hydrogen-bond donors (Lipinski definition) is 2. The number of aromatic nitrogens is 3. The Labute approximate surface area is 206 Å².